The van der Waals surface area contributed by atoms with Crippen LogP contribution >= 0.6 is 0 Å². The number of hydrogen-bond donors (Lipinski definition) is 0. The maximum absolute atomic E-state index is 12.1. The molecule has 1 saturated heterocycles. The van der Waals surface area contributed by atoms with Crippen LogP contribution in [0.15, 0.2) is 48.5 Å². The van der Waals surface area contributed by atoms with Crippen molar-refractivity contribution in [1.82, 2.24) is 4.90 Å². The molecule has 2 nitrogen and oxygen atoms in total. The Bertz CT molecular complexity index is 823. The molecule has 25 heavy (non-hydrogen) atoms. The van der Waals surface area contributed by atoms with E-state index < -0.39 is 0 Å². The van der Waals surface area contributed by atoms with Gasteiger partial charge in [-0.05, 0) is 41.5 Å². The third-order valence-corrected chi connectivity index (χ3v) is 6.15. The van der Waals surface area contributed by atoms with Gasteiger partial charge < -0.3 is 4.90 Å². The van der Waals surface area contributed by atoms with E-state index in [1.54, 1.807) is 0 Å². The number of likely N-dealkylation sites (tertiary alicyclic amines) is 1. The summed E-state index contributed by atoms with van der Waals surface area (Å²) in [4.78, 5) is 14.1. The van der Waals surface area contributed by atoms with Crippen molar-refractivity contribution in [1.29, 1.82) is 0 Å². The first-order valence-electron chi connectivity index (χ1n) is 9.20. The van der Waals surface area contributed by atoms with Crippen LogP contribution < -0.4 is 0 Å². The number of rotatable bonds is 2. The number of nitrogens with zero attached hydrogens (tertiary/aromatic N) is 1. The molecule has 2 aliphatic rings. The third-order valence-electron chi connectivity index (χ3n) is 6.15. The number of likely N-dealkylation sites (N-methyl/N-ethyl adjacent to an activating group) is 1. The zero-order valence-electron chi connectivity index (χ0n) is 15.0. The van der Waals surface area contributed by atoms with Gasteiger partial charge in [-0.1, -0.05) is 67.6 Å². The van der Waals surface area contributed by atoms with Gasteiger partial charge in [0, 0.05) is 24.9 Å². The predicted octanol–water partition coefficient (Wildman–Crippen LogP) is 4.68. The maximum Gasteiger partial charge on any atom is 0.222 e. The number of fused-ring (bicyclic) bond motifs is 3. The molecule has 1 aliphatic heterocycles. The number of piperidine rings is 1. The Balaban J connectivity index is 1.64. The van der Waals surface area contributed by atoms with Crippen LogP contribution in [0.5, 0.6) is 0 Å². The number of benzene rings is 2. The summed E-state index contributed by atoms with van der Waals surface area (Å²) < 4.78 is 0. The molecule has 0 radical (unpaired) electrons. The van der Waals surface area contributed by atoms with Gasteiger partial charge in [-0.25, -0.2) is 0 Å². The number of amides is 1. The van der Waals surface area contributed by atoms with Gasteiger partial charge in [-0.2, -0.15) is 0 Å². The Morgan fingerprint density at radius 1 is 1.04 bits per heavy atom. The van der Waals surface area contributed by atoms with Crippen molar-refractivity contribution in [3.63, 3.8) is 0 Å². The normalized spacial score (nSPS) is 25.8. The van der Waals surface area contributed by atoms with Gasteiger partial charge >= 0.3 is 0 Å². The molecule has 0 spiro atoms. The maximum atomic E-state index is 12.1. The summed E-state index contributed by atoms with van der Waals surface area (Å²) in [5, 5.41) is 0. The van der Waals surface area contributed by atoms with E-state index >= 15 is 0 Å². The van der Waals surface area contributed by atoms with Crippen LogP contribution in [0.1, 0.15) is 48.4 Å². The van der Waals surface area contributed by atoms with Gasteiger partial charge in [0.15, 0.2) is 0 Å². The molecule has 4 rings (SSSR count). The fraction of sp³-hybridized carbons (Fsp3) is 0.348. The van der Waals surface area contributed by atoms with E-state index in [0.717, 1.165) is 19.3 Å². The van der Waals surface area contributed by atoms with E-state index in [9.17, 15) is 4.79 Å². The monoisotopic (exact) mass is 331 g/mol. The lowest BCUT2D eigenvalue weighted by atomic mass is 9.63. The summed E-state index contributed by atoms with van der Waals surface area (Å²) in [6.45, 7) is 2.35. The van der Waals surface area contributed by atoms with Gasteiger partial charge in [0.2, 0.25) is 5.91 Å². The molecule has 1 fully saturated rings. The Kier molecular flexibility index (Phi) is 3.99. The number of hydrogen-bond acceptors (Lipinski definition) is 1. The first-order chi connectivity index (χ1) is 12.1. The third kappa shape index (κ3) is 2.80. The van der Waals surface area contributed by atoms with Crippen LogP contribution in [0.4, 0.5) is 0 Å². The highest BCUT2D eigenvalue weighted by Crippen LogP contribution is 2.45. The predicted molar refractivity (Wildman–Crippen MR) is 103 cm³/mol. The molecule has 128 valence electrons. The zero-order valence-corrected chi connectivity index (χ0v) is 15.0. The van der Waals surface area contributed by atoms with Crippen molar-refractivity contribution in [3.05, 3.63) is 70.8 Å². The Hall–Kier alpha value is -2.35. The van der Waals surface area contributed by atoms with Gasteiger partial charge in [0.05, 0.1) is 0 Å². The van der Waals surface area contributed by atoms with Crippen LogP contribution in [-0.4, -0.2) is 23.9 Å². The average Bonchev–Trinajstić information content (AvgIpc) is 2.64. The number of aryl methyl sites for hydroxylation is 1. The Morgan fingerprint density at radius 3 is 2.60 bits per heavy atom. The standard InChI is InChI=1S/C23H25NO/c1-23-15-14-22(25)24(2)21(23)13-11-19-16-18(10-12-20(19)23)9-8-17-6-4-3-5-7-17/h3-10,12,16,21H,11,13-15H2,1-2H3/b9-8+/t21-,23-/m1/s1. The van der Waals surface area contributed by atoms with Gasteiger partial charge in [-0.15, -0.1) is 0 Å². The van der Waals surface area contributed by atoms with E-state index in [1.807, 2.05) is 18.0 Å². The minimum absolute atomic E-state index is 0.0952. The molecule has 0 saturated carbocycles. The van der Waals surface area contributed by atoms with E-state index in [4.69, 9.17) is 0 Å². The zero-order chi connectivity index (χ0) is 17.4. The summed E-state index contributed by atoms with van der Waals surface area (Å²) >= 11 is 0. The summed E-state index contributed by atoms with van der Waals surface area (Å²) in [5.74, 6) is 0.299. The summed E-state index contributed by atoms with van der Waals surface area (Å²) in [5.41, 5.74) is 5.47. The highest BCUT2D eigenvalue weighted by molar-refractivity contribution is 5.78. The molecule has 0 aromatic heterocycles. The fourth-order valence-electron chi connectivity index (χ4n) is 4.67. The highest BCUT2D eigenvalue weighted by Gasteiger charge is 2.46. The van der Waals surface area contributed by atoms with Crippen molar-refractivity contribution >= 4 is 18.1 Å². The van der Waals surface area contributed by atoms with Crippen LogP contribution in [0.25, 0.3) is 12.2 Å². The van der Waals surface area contributed by atoms with E-state index in [-0.39, 0.29) is 5.41 Å². The SMILES string of the molecule is CN1C(=O)CC[C@]2(C)c3ccc(/C=C/c4ccccc4)cc3CC[C@@H]12. The van der Waals surface area contributed by atoms with Crippen LogP contribution in [0.3, 0.4) is 0 Å². The van der Waals surface area contributed by atoms with Crippen LogP contribution in [-0.2, 0) is 16.6 Å². The van der Waals surface area contributed by atoms with Crippen LogP contribution in [0, 0.1) is 0 Å². The second kappa shape index (κ2) is 6.18. The molecule has 2 aromatic rings. The van der Waals surface area contributed by atoms with E-state index in [2.05, 4.69) is 61.5 Å². The summed E-state index contributed by atoms with van der Waals surface area (Å²) in [7, 11) is 1.98. The average molecular weight is 331 g/mol. The van der Waals surface area contributed by atoms with Crippen LogP contribution in [0.2, 0.25) is 0 Å². The molecule has 2 aromatic carbocycles. The lowest BCUT2D eigenvalue weighted by Crippen LogP contribution is -2.56. The first kappa shape index (κ1) is 16.1. The van der Waals surface area contributed by atoms with Crippen molar-refractivity contribution in [3.8, 4) is 0 Å². The molecular formula is C23H25NO. The molecule has 1 aliphatic carbocycles. The Labute approximate surface area is 150 Å². The van der Waals surface area contributed by atoms with E-state index in [1.165, 1.54) is 22.3 Å². The largest absolute Gasteiger partial charge is 0.342 e. The van der Waals surface area contributed by atoms with Crippen molar-refractivity contribution in [2.24, 2.45) is 0 Å². The number of carbonyl (C=O) groups excluding carboxylic acids is 1. The molecule has 1 amide bonds. The smallest absolute Gasteiger partial charge is 0.222 e. The quantitative estimate of drug-likeness (QED) is 0.732. The molecule has 1 heterocycles. The highest BCUT2D eigenvalue weighted by atomic mass is 16.2. The lowest BCUT2D eigenvalue weighted by Gasteiger charge is -2.50. The first-order valence-corrected chi connectivity index (χ1v) is 9.20. The topological polar surface area (TPSA) is 20.3 Å². The second-order valence-corrected chi connectivity index (χ2v) is 7.64. The molecule has 0 bridgehead atoms. The number of carbonyl (C=O) groups is 1. The molecule has 2 atom stereocenters. The van der Waals surface area contributed by atoms with Gasteiger partial charge in [0.25, 0.3) is 0 Å². The fourth-order valence-corrected chi connectivity index (χ4v) is 4.67. The van der Waals surface area contributed by atoms with Gasteiger partial charge in [-0.3, -0.25) is 4.79 Å². The van der Waals surface area contributed by atoms with E-state index in [0.29, 0.717) is 18.4 Å². The van der Waals surface area contributed by atoms with Gasteiger partial charge in [0.1, 0.15) is 0 Å². The molecule has 2 heteroatoms. The van der Waals surface area contributed by atoms with Crippen molar-refractivity contribution in [2.75, 3.05) is 7.05 Å². The van der Waals surface area contributed by atoms with Crippen molar-refractivity contribution in [2.45, 2.75) is 44.1 Å². The molecule has 0 N–H and O–H groups in total. The summed E-state index contributed by atoms with van der Waals surface area (Å²) in [6.07, 6.45) is 8.12. The minimum Gasteiger partial charge on any atom is -0.342 e. The Morgan fingerprint density at radius 2 is 1.80 bits per heavy atom. The molecular weight excluding hydrogens is 306 g/mol. The molecule has 0 unspecified atom stereocenters. The lowest BCUT2D eigenvalue weighted by molar-refractivity contribution is -0.138. The second-order valence-electron chi connectivity index (χ2n) is 7.64. The summed E-state index contributed by atoms with van der Waals surface area (Å²) in [6, 6.07) is 17.6. The van der Waals surface area contributed by atoms with Crippen molar-refractivity contribution < 1.29 is 4.79 Å². The minimum atomic E-state index is 0.0952.